The van der Waals surface area contributed by atoms with E-state index in [2.05, 4.69) is 20.6 Å². The van der Waals surface area contributed by atoms with E-state index in [1.54, 1.807) is 17.5 Å². The molecule has 1 fully saturated rings. The number of imide groups is 1. The Labute approximate surface area is 177 Å². The van der Waals surface area contributed by atoms with E-state index >= 15 is 0 Å². The number of H-pyrrole nitrogens is 1. The number of aromatic amines is 1. The largest absolute Gasteiger partial charge is 0.361 e. The van der Waals surface area contributed by atoms with E-state index in [-0.39, 0.29) is 24.7 Å². The maximum absolute atomic E-state index is 12.6. The van der Waals surface area contributed by atoms with Crippen molar-refractivity contribution in [1.82, 2.24) is 25.5 Å². The van der Waals surface area contributed by atoms with E-state index in [1.165, 1.54) is 4.90 Å². The van der Waals surface area contributed by atoms with Crippen molar-refractivity contribution in [3.8, 4) is 0 Å². The van der Waals surface area contributed by atoms with Gasteiger partial charge in [-0.25, -0.2) is 9.78 Å². The van der Waals surface area contributed by atoms with E-state index < -0.39 is 12.1 Å². The Morgan fingerprint density at radius 3 is 2.93 bits per heavy atom. The van der Waals surface area contributed by atoms with Crippen LogP contribution in [0.25, 0.3) is 10.9 Å². The maximum atomic E-state index is 12.6. The summed E-state index contributed by atoms with van der Waals surface area (Å²) in [6, 6.07) is 6.89. The minimum atomic E-state index is -0.648. The molecule has 2 aromatic heterocycles. The minimum Gasteiger partial charge on any atom is -0.361 e. The van der Waals surface area contributed by atoms with E-state index in [4.69, 9.17) is 0 Å². The topological polar surface area (TPSA) is 107 Å². The number of nitrogens with one attached hydrogen (secondary N) is 3. The summed E-state index contributed by atoms with van der Waals surface area (Å²) in [5.74, 6) is -0.402. The molecule has 0 radical (unpaired) electrons. The highest BCUT2D eigenvalue weighted by Gasteiger charge is 2.37. The van der Waals surface area contributed by atoms with Gasteiger partial charge in [-0.3, -0.25) is 14.5 Å². The lowest BCUT2D eigenvalue weighted by Crippen LogP contribution is -2.34. The zero-order valence-electron chi connectivity index (χ0n) is 16.4. The van der Waals surface area contributed by atoms with Crippen molar-refractivity contribution >= 4 is 40.1 Å². The van der Waals surface area contributed by atoms with Crippen molar-refractivity contribution in [1.29, 1.82) is 0 Å². The van der Waals surface area contributed by atoms with Crippen LogP contribution in [0.5, 0.6) is 0 Å². The molecule has 0 aliphatic carbocycles. The summed E-state index contributed by atoms with van der Waals surface area (Å²) in [6.07, 6.45) is 5.39. The van der Waals surface area contributed by atoms with Gasteiger partial charge >= 0.3 is 6.03 Å². The first-order valence-electron chi connectivity index (χ1n) is 9.94. The molecule has 9 heteroatoms. The van der Waals surface area contributed by atoms with Crippen molar-refractivity contribution in [2.75, 3.05) is 13.1 Å². The zero-order chi connectivity index (χ0) is 20.9. The number of fused-ring (bicyclic) bond motifs is 1. The molecule has 1 saturated heterocycles. The minimum absolute atomic E-state index is 0.133. The monoisotopic (exact) mass is 425 g/mol. The predicted molar refractivity (Wildman–Crippen MR) is 114 cm³/mol. The summed E-state index contributed by atoms with van der Waals surface area (Å²) < 4.78 is 0. The van der Waals surface area contributed by atoms with Crippen molar-refractivity contribution in [3.05, 3.63) is 52.6 Å². The molecule has 4 amide bonds. The standard InChI is InChI=1S/C21H23N5O3S/c27-18(22-9-7-19-23-10-12-30-19)6-5-17-20(28)26(21(29)25-17)11-8-14-13-24-16-4-2-1-3-15(14)16/h1-4,10,12-13,17,24H,5-9,11H2,(H,22,27)(H,25,29). The molecule has 0 saturated carbocycles. The lowest BCUT2D eigenvalue weighted by Gasteiger charge is -2.12. The molecule has 1 aromatic carbocycles. The van der Waals surface area contributed by atoms with Crippen molar-refractivity contribution in [2.45, 2.75) is 31.7 Å². The Balaban J connectivity index is 1.23. The van der Waals surface area contributed by atoms with Gasteiger partial charge in [0, 0.05) is 54.6 Å². The van der Waals surface area contributed by atoms with E-state index in [1.807, 2.05) is 35.8 Å². The highest BCUT2D eigenvalue weighted by atomic mass is 32.1. The van der Waals surface area contributed by atoms with E-state index in [0.29, 0.717) is 25.9 Å². The van der Waals surface area contributed by atoms with Gasteiger partial charge in [0.15, 0.2) is 0 Å². The summed E-state index contributed by atoms with van der Waals surface area (Å²) >= 11 is 1.55. The van der Waals surface area contributed by atoms with Crippen LogP contribution < -0.4 is 10.6 Å². The van der Waals surface area contributed by atoms with Gasteiger partial charge in [-0.1, -0.05) is 18.2 Å². The number of benzene rings is 1. The van der Waals surface area contributed by atoms with Crippen LogP contribution in [-0.2, 0) is 22.4 Å². The van der Waals surface area contributed by atoms with Crippen LogP contribution in [-0.4, -0.2) is 51.8 Å². The molecule has 30 heavy (non-hydrogen) atoms. The molecular weight excluding hydrogens is 402 g/mol. The fraction of sp³-hybridized carbons (Fsp3) is 0.333. The van der Waals surface area contributed by atoms with Crippen LogP contribution in [0.15, 0.2) is 42.0 Å². The Hall–Kier alpha value is -3.20. The van der Waals surface area contributed by atoms with Crippen molar-refractivity contribution < 1.29 is 14.4 Å². The number of hydrogen-bond acceptors (Lipinski definition) is 5. The van der Waals surface area contributed by atoms with Gasteiger partial charge in [0.2, 0.25) is 5.91 Å². The molecule has 1 aliphatic heterocycles. The molecule has 3 N–H and O–H groups in total. The molecule has 1 unspecified atom stereocenters. The smallest absolute Gasteiger partial charge is 0.324 e. The molecule has 8 nitrogen and oxygen atoms in total. The number of nitrogens with zero attached hydrogens (tertiary/aromatic N) is 2. The normalized spacial score (nSPS) is 16.3. The fourth-order valence-electron chi connectivity index (χ4n) is 3.60. The number of aromatic nitrogens is 2. The lowest BCUT2D eigenvalue weighted by atomic mass is 10.1. The Kier molecular flexibility index (Phi) is 6.08. The number of para-hydroxylation sites is 1. The molecule has 1 aliphatic rings. The first-order valence-corrected chi connectivity index (χ1v) is 10.8. The van der Waals surface area contributed by atoms with Crippen LogP contribution in [0.1, 0.15) is 23.4 Å². The third kappa shape index (κ3) is 4.51. The van der Waals surface area contributed by atoms with Crippen LogP contribution in [0.2, 0.25) is 0 Å². The van der Waals surface area contributed by atoms with Gasteiger partial charge in [-0.05, 0) is 24.5 Å². The van der Waals surface area contributed by atoms with Gasteiger partial charge in [-0.15, -0.1) is 11.3 Å². The van der Waals surface area contributed by atoms with E-state index in [9.17, 15) is 14.4 Å². The highest BCUT2D eigenvalue weighted by molar-refractivity contribution is 7.09. The molecule has 1 atom stereocenters. The number of carbonyl (C=O) groups excluding carboxylic acids is 3. The summed E-state index contributed by atoms with van der Waals surface area (Å²) in [5, 5.41) is 9.49. The van der Waals surface area contributed by atoms with Gasteiger partial charge in [0.25, 0.3) is 5.91 Å². The van der Waals surface area contributed by atoms with Gasteiger partial charge in [-0.2, -0.15) is 0 Å². The van der Waals surface area contributed by atoms with Gasteiger partial charge in [0.1, 0.15) is 6.04 Å². The number of amides is 4. The lowest BCUT2D eigenvalue weighted by molar-refractivity contribution is -0.127. The van der Waals surface area contributed by atoms with Gasteiger partial charge in [0.05, 0.1) is 5.01 Å². The number of hydrogen-bond donors (Lipinski definition) is 3. The molecule has 156 valence electrons. The average molecular weight is 426 g/mol. The summed E-state index contributed by atoms with van der Waals surface area (Å²) in [6.45, 7) is 0.817. The molecular formula is C21H23N5O3S. The Morgan fingerprint density at radius 1 is 1.23 bits per heavy atom. The van der Waals surface area contributed by atoms with Crippen LogP contribution in [0.3, 0.4) is 0 Å². The predicted octanol–water partition coefficient (Wildman–Crippen LogP) is 2.23. The third-order valence-electron chi connectivity index (χ3n) is 5.19. The number of thiazole rings is 1. The number of rotatable bonds is 9. The zero-order valence-corrected chi connectivity index (χ0v) is 17.2. The number of carbonyl (C=O) groups is 3. The van der Waals surface area contributed by atoms with E-state index in [0.717, 1.165) is 21.5 Å². The second-order valence-corrected chi connectivity index (χ2v) is 8.15. The SMILES string of the molecule is O=C(CCC1NC(=O)N(CCc2c[nH]c3ccccc23)C1=O)NCCc1nccs1. The molecule has 3 aromatic rings. The molecule has 4 rings (SSSR count). The molecule has 3 heterocycles. The van der Waals surface area contributed by atoms with Crippen LogP contribution >= 0.6 is 11.3 Å². The second-order valence-electron chi connectivity index (χ2n) is 7.17. The summed E-state index contributed by atoms with van der Waals surface area (Å²) in [4.78, 5) is 45.5. The Bertz CT molecular complexity index is 1050. The summed E-state index contributed by atoms with van der Waals surface area (Å²) in [5.41, 5.74) is 2.10. The fourth-order valence-corrected chi connectivity index (χ4v) is 4.22. The van der Waals surface area contributed by atoms with Crippen LogP contribution in [0, 0.1) is 0 Å². The van der Waals surface area contributed by atoms with Crippen molar-refractivity contribution in [2.24, 2.45) is 0 Å². The van der Waals surface area contributed by atoms with Gasteiger partial charge < -0.3 is 15.6 Å². The molecule has 0 spiro atoms. The van der Waals surface area contributed by atoms with Crippen molar-refractivity contribution in [3.63, 3.8) is 0 Å². The quantitative estimate of drug-likeness (QED) is 0.457. The number of urea groups is 1. The third-order valence-corrected chi connectivity index (χ3v) is 6.03. The first kappa shape index (κ1) is 20.1. The average Bonchev–Trinajstić information content (AvgIpc) is 3.46. The summed E-state index contributed by atoms with van der Waals surface area (Å²) in [7, 11) is 0. The molecule has 0 bridgehead atoms. The first-order chi connectivity index (χ1) is 14.6. The van der Waals surface area contributed by atoms with Crippen LogP contribution in [0.4, 0.5) is 4.79 Å². The maximum Gasteiger partial charge on any atom is 0.324 e. The Morgan fingerprint density at radius 2 is 2.10 bits per heavy atom. The highest BCUT2D eigenvalue weighted by Crippen LogP contribution is 2.19. The second kappa shape index (κ2) is 9.08.